The average molecular weight is 274 g/mol. The van der Waals surface area contributed by atoms with Crippen molar-refractivity contribution in [3.05, 3.63) is 29.3 Å². The Hall–Kier alpha value is -0.280. The second kappa shape index (κ2) is 6.60. The van der Waals surface area contributed by atoms with Gasteiger partial charge in [0, 0.05) is 4.90 Å². The molecule has 0 saturated heterocycles. The van der Waals surface area contributed by atoms with Gasteiger partial charge >= 0.3 is 6.80 Å². The van der Waals surface area contributed by atoms with Crippen LogP contribution in [-0.4, -0.2) is 13.2 Å². The van der Waals surface area contributed by atoms with Crippen molar-refractivity contribution < 1.29 is 13.6 Å². The molecule has 0 fully saturated rings. The summed E-state index contributed by atoms with van der Waals surface area (Å²) in [6.45, 7) is 5.36. The standard InChI is InChI=1S/C12H19O3PS/c1-5-14-16(13,15-6-2)17-12-8-7-10(3)9-11(12)4/h7-9H,5-6H2,1-4H3. The first kappa shape index (κ1) is 14.8. The van der Waals surface area contributed by atoms with E-state index in [1.54, 1.807) is 0 Å². The van der Waals surface area contributed by atoms with Gasteiger partial charge in [-0.15, -0.1) is 0 Å². The van der Waals surface area contributed by atoms with Crippen LogP contribution in [0.25, 0.3) is 0 Å². The summed E-state index contributed by atoms with van der Waals surface area (Å²) < 4.78 is 22.8. The van der Waals surface area contributed by atoms with Crippen LogP contribution >= 0.6 is 18.2 Å². The normalized spacial score (nSPS) is 11.8. The Morgan fingerprint density at radius 2 is 1.76 bits per heavy atom. The van der Waals surface area contributed by atoms with E-state index in [9.17, 15) is 4.57 Å². The second-order valence-electron chi connectivity index (χ2n) is 3.64. The van der Waals surface area contributed by atoms with E-state index >= 15 is 0 Å². The number of rotatable bonds is 6. The van der Waals surface area contributed by atoms with Gasteiger partial charge < -0.3 is 9.05 Å². The van der Waals surface area contributed by atoms with E-state index in [-0.39, 0.29) is 0 Å². The van der Waals surface area contributed by atoms with Gasteiger partial charge in [0.1, 0.15) is 0 Å². The molecule has 0 saturated carbocycles. The van der Waals surface area contributed by atoms with Crippen molar-refractivity contribution in [2.45, 2.75) is 32.6 Å². The highest BCUT2D eigenvalue weighted by molar-refractivity contribution is 8.55. The van der Waals surface area contributed by atoms with Crippen LogP contribution in [0.5, 0.6) is 0 Å². The van der Waals surface area contributed by atoms with E-state index in [2.05, 4.69) is 6.07 Å². The minimum atomic E-state index is -3.07. The van der Waals surface area contributed by atoms with Gasteiger partial charge in [0.25, 0.3) is 0 Å². The summed E-state index contributed by atoms with van der Waals surface area (Å²) in [5.74, 6) is 0. The molecule has 0 aliphatic rings. The third kappa shape index (κ3) is 4.47. The SMILES string of the molecule is CCOP(=O)(OCC)Sc1ccc(C)cc1C. The lowest BCUT2D eigenvalue weighted by Gasteiger charge is -2.17. The lowest BCUT2D eigenvalue weighted by atomic mass is 10.2. The lowest BCUT2D eigenvalue weighted by Crippen LogP contribution is -1.93. The van der Waals surface area contributed by atoms with Gasteiger partial charge in [0.15, 0.2) is 0 Å². The number of hydrogen-bond acceptors (Lipinski definition) is 4. The monoisotopic (exact) mass is 274 g/mol. The van der Waals surface area contributed by atoms with Gasteiger partial charge in [-0.3, -0.25) is 0 Å². The third-order valence-corrected chi connectivity index (χ3v) is 6.04. The molecular formula is C12H19O3PS. The smallest absolute Gasteiger partial charge is 0.301 e. The molecule has 0 unspecified atom stereocenters. The Morgan fingerprint density at radius 1 is 1.18 bits per heavy atom. The van der Waals surface area contributed by atoms with Gasteiger partial charge in [0.2, 0.25) is 0 Å². The molecule has 0 aliphatic carbocycles. The molecule has 1 rings (SSSR count). The highest BCUT2D eigenvalue weighted by atomic mass is 32.7. The van der Waals surface area contributed by atoms with Gasteiger partial charge in [-0.1, -0.05) is 17.7 Å². The molecule has 0 amide bonds. The largest absolute Gasteiger partial charge is 0.393 e. The van der Waals surface area contributed by atoms with Crippen LogP contribution in [0.3, 0.4) is 0 Å². The molecule has 0 aliphatic heterocycles. The molecule has 5 heteroatoms. The van der Waals surface area contributed by atoms with Crippen molar-refractivity contribution in [2.24, 2.45) is 0 Å². The summed E-state index contributed by atoms with van der Waals surface area (Å²) in [6.07, 6.45) is 0. The molecule has 17 heavy (non-hydrogen) atoms. The van der Waals surface area contributed by atoms with E-state index in [1.807, 2.05) is 39.8 Å². The van der Waals surface area contributed by atoms with Crippen LogP contribution in [0.4, 0.5) is 0 Å². The maximum atomic E-state index is 12.3. The molecule has 1 aromatic rings. The summed E-state index contributed by atoms with van der Waals surface area (Å²) in [5.41, 5.74) is 2.28. The molecule has 96 valence electrons. The van der Waals surface area contributed by atoms with Crippen LogP contribution in [0.2, 0.25) is 0 Å². The number of benzene rings is 1. The van der Waals surface area contributed by atoms with Gasteiger partial charge in [-0.25, -0.2) is 4.57 Å². The first-order chi connectivity index (χ1) is 8.00. The van der Waals surface area contributed by atoms with E-state index in [0.717, 1.165) is 10.5 Å². The molecule has 1 aromatic carbocycles. The molecule has 0 radical (unpaired) electrons. The fourth-order valence-electron chi connectivity index (χ4n) is 1.43. The Bertz CT molecular complexity index is 410. The summed E-state index contributed by atoms with van der Waals surface area (Å²) in [7, 11) is 0. The van der Waals surface area contributed by atoms with Crippen LogP contribution in [-0.2, 0) is 13.6 Å². The second-order valence-corrected chi connectivity index (χ2v) is 7.57. The van der Waals surface area contributed by atoms with Crippen molar-refractivity contribution in [3.63, 3.8) is 0 Å². The molecule has 0 heterocycles. The Balaban J connectivity index is 2.89. The van der Waals surface area contributed by atoms with E-state index in [4.69, 9.17) is 9.05 Å². The van der Waals surface area contributed by atoms with Crippen molar-refractivity contribution in [1.82, 2.24) is 0 Å². The van der Waals surface area contributed by atoms with E-state index < -0.39 is 6.80 Å². The third-order valence-electron chi connectivity index (χ3n) is 2.12. The highest BCUT2D eigenvalue weighted by Crippen LogP contribution is 2.63. The maximum absolute atomic E-state index is 12.3. The van der Waals surface area contributed by atoms with Crippen LogP contribution < -0.4 is 0 Å². The molecule has 0 atom stereocenters. The van der Waals surface area contributed by atoms with E-state index in [0.29, 0.717) is 13.2 Å². The Morgan fingerprint density at radius 3 is 2.24 bits per heavy atom. The first-order valence-corrected chi connectivity index (χ1v) is 8.63. The van der Waals surface area contributed by atoms with Crippen molar-refractivity contribution in [2.75, 3.05) is 13.2 Å². The Kier molecular flexibility index (Phi) is 5.74. The first-order valence-electron chi connectivity index (χ1n) is 5.66. The topological polar surface area (TPSA) is 35.5 Å². The number of hydrogen-bond donors (Lipinski definition) is 0. The van der Waals surface area contributed by atoms with Crippen molar-refractivity contribution in [1.29, 1.82) is 0 Å². The summed E-state index contributed by atoms with van der Waals surface area (Å²) in [5, 5.41) is 0. The van der Waals surface area contributed by atoms with E-state index in [1.165, 1.54) is 16.9 Å². The maximum Gasteiger partial charge on any atom is 0.393 e. The fraction of sp³-hybridized carbons (Fsp3) is 0.500. The minimum absolute atomic E-state index is 0.384. The summed E-state index contributed by atoms with van der Waals surface area (Å²) in [6, 6.07) is 6.02. The van der Waals surface area contributed by atoms with Gasteiger partial charge in [-0.2, -0.15) is 0 Å². The molecule has 3 nitrogen and oxygen atoms in total. The fourth-order valence-corrected chi connectivity index (χ4v) is 5.10. The molecule has 0 N–H and O–H groups in total. The zero-order chi connectivity index (χ0) is 12.9. The molecule has 0 aromatic heterocycles. The Labute approximate surface area is 107 Å². The zero-order valence-corrected chi connectivity index (χ0v) is 12.4. The predicted molar refractivity (Wildman–Crippen MR) is 72.6 cm³/mol. The predicted octanol–water partition coefficient (Wildman–Crippen LogP) is 4.58. The van der Waals surface area contributed by atoms with Crippen LogP contribution in [0.1, 0.15) is 25.0 Å². The lowest BCUT2D eigenvalue weighted by molar-refractivity contribution is 0.237. The van der Waals surface area contributed by atoms with Gasteiger partial charge in [0.05, 0.1) is 13.2 Å². The summed E-state index contributed by atoms with van der Waals surface area (Å²) in [4.78, 5) is 0.945. The quantitative estimate of drug-likeness (QED) is 0.711. The molecule has 0 spiro atoms. The zero-order valence-electron chi connectivity index (χ0n) is 10.7. The minimum Gasteiger partial charge on any atom is -0.301 e. The molecule has 0 bridgehead atoms. The van der Waals surface area contributed by atoms with Crippen LogP contribution in [0, 0.1) is 13.8 Å². The van der Waals surface area contributed by atoms with Gasteiger partial charge in [-0.05, 0) is 50.7 Å². The van der Waals surface area contributed by atoms with Crippen molar-refractivity contribution >= 4 is 18.2 Å². The number of aryl methyl sites for hydroxylation is 2. The highest BCUT2D eigenvalue weighted by Gasteiger charge is 2.26. The molecular weight excluding hydrogens is 255 g/mol. The summed E-state index contributed by atoms with van der Waals surface area (Å²) >= 11 is 1.19. The van der Waals surface area contributed by atoms with Crippen molar-refractivity contribution in [3.8, 4) is 0 Å². The van der Waals surface area contributed by atoms with Crippen LogP contribution in [0.15, 0.2) is 23.1 Å². The average Bonchev–Trinajstić information content (AvgIpc) is 2.23.